The highest BCUT2D eigenvalue weighted by atomic mass is 16.5. The number of methoxy groups -OCH3 is 1. The smallest absolute Gasteiger partial charge is 0.188 e. The lowest BCUT2D eigenvalue weighted by Crippen LogP contribution is -2.01. The molecule has 78 valence electrons. The molecule has 0 fully saturated rings. The van der Waals surface area contributed by atoms with Gasteiger partial charge in [0.25, 0.3) is 0 Å². The van der Waals surface area contributed by atoms with Crippen molar-refractivity contribution in [1.29, 1.82) is 0 Å². The summed E-state index contributed by atoms with van der Waals surface area (Å²) in [6, 6.07) is 7.33. The summed E-state index contributed by atoms with van der Waals surface area (Å²) >= 11 is 0. The summed E-state index contributed by atoms with van der Waals surface area (Å²) < 4.78 is 5.10. The summed E-state index contributed by atoms with van der Waals surface area (Å²) in [6.07, 6.45) is 5.09. The first-order valence-electron chi connectivity index (χ1n) is 5.19. The molecule has 0 heterocycles. The minimum Gasteiger partial charge on any atom is -0.497 e. The normalized spacial score (nSPS) is 14.9. The molecule has 0 spiro atoms. The quantitative estimate of drug-likeness (QED) is 0.704. The van der Waals surface area contributed by atoms with Crippen LogP contribution in [0.1, 0.15) is 29.6 Å². The number of carbonyl (C=O) groups is 1. The Labute approximate surface area is 89.6 Å². The Morgan fingerprint density at radius 1 is 1.40 bits per heavy atom. The first kappa shape index (κ1) is 9.97. The Balaban J connectivity index is 2.24. The number of benzene rings is 1. The van der Waals surface area contributed by atoms with Crippen molar-refractivity contribution in [3.05, 3.63) is 41.5 Å². The monoisotopic (exact) mass is 202 g/mol. The number of Topliss-reactive ketones (excluding diaryl/α,β-unsaturated/α-hetero) is 1. The molecule has 0 saturated heterocycles. The predicted octanol–water partition coefficient (Wildman–Crippen LogP) is 2.99. The average Bonchev–Trinajstić information content (AvgIpc) is 2.81. The highest BCUT2D eigenvalue weighted by Crippen LogP contribution is 2.23. The van der Waals surface area contributed by atoms with Gasteiger partial charge < -0.3 is 4.74 Å². The van der Waals surface area contributed by atoms with E-state index in [4.69, 9.17) is 4.74 Å². The van der Waals surface area contributed by atoms with Gasteiger partial charge in [-0.15, -0.1) is 0 Å². The zero-order valence-corrected chi connectivity index (χ0v) is 8.82. The Kier molecular flexibility index (Phi) is 2.86. The van der Waals surface area contributed by atoms with Gasteiger partial charge in [0, 0.05) is 5.56 Å². The van der Waals surface area contributed by atoms with Crippen LogP contribution in [-0.4, -0.2) is 12.9 Å². The number of ketones is 1. The third-order valence-electron chi connectivity index (χ3n) is 2.66. The molecule has 0 bridgehead atoms. The van der Waals surface area contributed by atoms with Crippen molar-refractivity contribution in [2.24, 2.45) is 0 Å². The van der Waals surface area contributed by atoms with E-state index in [1.165, 1.54) is 0 Å². The fourth-order valence-corrected chi connectivity index (χ4v) is 1.83. The van der Waals surface area contributed by atoms with Gasteiger partial charge in [-0.05, 0) is 37.0 Å². The van der Waals surface area contributed by atoms with Gasteiger partial charge in [0.1, 0.15) is 5.75 Å². The largest absolute Gasteiger partial charge is 0.497 e. The van der Waals surface area contributed by atoms with Crippen LogP contribution >= 0.6 is 0 Å². The minimum absolute atomic E-state index is 0.145. The van der Waals surface area contributed by atoms with Gasteiger partial charge in [-0.1, -0.05) is 18.2 Å². The second-order valence-corrected chi connectivity index (χ2v) is 3.68. The van der Waals surface area contributed by atoms with Gasteiger partial charge in [0.2, 0.25) is 0 Å². The molecule has 1 aromatic rings. The molecule has 0 aromatic heterocycles. The Morgan fingerprint density at radius 3 is 2.93 bits per heavy atom. The Hall–Kier alpha value is -1.57. The molecule has 0 N–H and O–H groups in total. The Bertz CT molecular complexity index is 405. The Morgan fingerprint density at radius 2 is 2.27 bits per heavy atom. The van der Waals surface area contributed by atoms with E-state index >= 15 is 0 Å². The van der Waals surface area contributed by atoms with Crippen LogP contribution in [-0.2, 0) is 0 Å². The summed E-state index contributed by atoms with van der Waals surface area (Å²) in [5.74, 6) is 0.880. The predicted molar refractivity (Wildman–Crippen MR) is 59.3 cm³/mol. The van der Waals surface area contributed by atoms with E-state index in [1.54, 1.807) is 13.2 Å². The molecular formula is C13H14O2. The van der Waals surface area contributed by atoms with Crippen molar-refractivity contribution < 1.29 is 9.53 Å². The van der Waals surface area contributed by atoms with E-state index in [9.17, 15) is 4.79 Å². The van der Waals surface area contributed by atoms with E-state index < -0.39 is 0 Å². The SMILES string of the molecule is COc1cccc(C(=O)C2=CCCC2)c1. The zero-order chi connectivity index (χ0) is 10.7. The van der Waals surface area contributed by atoms with Gasteiger partial charge in [-0.25, -0.2) is 0 Å². The van der Waals surface area contributed by atoms with Crippen molar-refractivity contribution in [3.8, 4) is 5.75 Å². The van der Waals surface area contributed by atoms with Crippen molar-refractivity contribution in [2.75, 3.05) is 7.11 Å². The fourth-order valence-electron chi connectivity index (χ4n) is 1.83. The molecule has 0 radical (unpaired) electrons. The maximum Gasteiger partial charge on any atom is 0.188 e. The zero-order valence-electron chi connectivity index (χ0n) is 8.82. The molecule has 0 atom stereocenters. The second kappa shape index (κ2) is 4.30. The van der Waals surface area contributed by atoms with E-state index in [0.717, 1.165) is 36.1 Å². The summed E-state index contributed by atoms with van der Waals surface area (Å²) in [6.45, 7) is 0. The van der Waals surface area contributed by atoms with E-state index in [0.29, 0.717) is 0 Å². The van der Waals surface area contributed by atoms with Crippen LogP contribution < -0.4 is 4.74 Å². The number of hydrogen-bond donors (Lipinski definition) is 0. The number of ether oxygens (including phenoxy) is 1. The van der Waals surface area contributed by atoms with Crippen molar-refractivity contribution in [1.82, 2.24) is 0 Å². The third kappa shape index (κ3) is 2.09. The highest BCUT2D eigenvalue weighted by molar-refractivity contribution is 6.09. The molecule has 0 aliphatic heterocycles. The number of carbonyl (C=O) groups excluding carboxylic acids is 1. The van der Waals surface area contributed by atoms with Crippen LogP contribution in [0.25, 0.3) is 0 Å². The van der Waals surface area contributed by atoms with Crippen LogP contribution in [0.2, 0.25) is 0 Å². The first-order chi connectivity index (χ1) is 7.31. The van der Waals surface area contributed by atoms with Gasteiger partial charge in [0.15, 0.2) is 5.78 Å². The number of hydrogen-bond acceptors (Lipinski definition) is 2. The summed E-state index contributed by atoms with van der Waals surface area (Å²) in [5.41, 5.74) is 1.67. The van der Waals surface area contributed by atoms with Crippen LogP contribution in [0.15, 0.2) is 35.9 Å². The molecule has 2 rings (SSSR count). The second-order valence-electron chi connectivity index (χ2n) is 3.68. The van der Waals surface area contributed by atoms with Gasteiger partial charge >= 0.3 is 0 Å². The van der Waals surface area contributed by atoms with Crippen molar-refractivity contribution in [3.63, 3.8) is 0 Å². The fraction of sp³-hybridized carbons (Fsp3) is 0.308. The van der Waals surface area contributed by atoms with Crippen LogP contribution in [0.4, 0.5) is 0 Å². The number of allylic oxidation sites excluding steroid dienone is 2. The standard InChI is InChI=1S/C13H14O2/c1-15-12-8-4-7-11(9-12)13(14)10-5-2-3-6-10/h4-5,7-9H,2-3,6H2,1H3. The van der Waals surface area contributed by atoms with Crippen molar-refractivity contribution in [2.45, 2.75) is 19.3 Å². The van der Waals surface area contributed by atoms with Crippen molar-refractivity contribution >= 4 is 5.78 Å². The van der Waals surface area contributed by atoms with Crippen LogP contribution in [0, 0.1) is 0 Å². The maximum atomic E-state index is 12.0. The average molecular weight is 202 g/mol. The highest BCUT2D eigenvalue weighted by Gasteiger charge is 2.15. The van der Waals surface area contributed by atoms with E-state index in [-0.39, 0.29) is 5.78 Å². The van der Waals surface area contributed by atoms with E-state index in [2.05, 4.69) is 0 Å². The molecule has 2 nitrogen and oxygen atoms in total. The summed E-state index contributed by atoms with van der Waals surface area (Å²) in [7, 11) is 1.61. The molecule has 2 heteroatoms. The third-order valence-corrected chi connectivity index (χ3v) is 2.66. The van der Waals surface area contributed by atoms with E-state index in [1.807, 2.05) is 24.3 Å². The molecule has 1 aliphatic carbocycles. The molecule has 0 amide bonds. The lowest BCUT2D eigenvalue weighted by Gasteiger charge is -2.04. The maximum absolute atomic E-state index is 12.0. The summed E-state index contributed by atoms with van der Waals surface area (Å²) in [4.78, 5) is 12.0. The van der Waals surface area contributed by atoms with Crippen LogP contribution in [0.5, 0.6) is 5.75 Å². The molecule has 1 aliphatic rings. The van der Waals surface area contributed by atoms with Crippen LogP contribution in [0.3, 0.4) is 0 Å². The van der Waals surface area contributed by atoms with Gasteiger partial charge in [-0.2, -0.15) is 0 Å². The molecular weight excluding hydrogens is 188 g/mol. The molecule has 0 unspecified atom stereocenters. The minimum atomic E-state index is 0.145. The lowest BCUT2D eigenvalue weighted by atomic mass is 10.0. The summed E-state index contributed by atoms with van der Waals surface area (Å²) in [5, 5.41) is 0. The molecule has 15 heavy (non-hydrogen) atoms. The van der Waals surface area contributed by atoms with Gasteiger partial charge in [-0.3, -0.25) is 4.79 Å². The van der Waals surface area contributed by atoms with Gasteiger partial charge in [0.05, 0.1) is 7.11 Å². The lowest BCUT2D eigenvalue weighted by molar-refractivity contribution is 0.103. The first-order valence-corrected chi connectivity index (χ1v) is 5.19. The number of rotatable bonds is 3. The topological polar surface area (TPSA) is 26.3 Å². The molecule has 0 saturated carbocycles. The molecule has 1 aromatic carbocycles.